The minimum Gasteiger partial charge on any atom is -0.481 e. The number of carboxylic acids is 1. The number of rotatable bonds is 7. The zero-order valence-electron chi connectivity index (χ0n) is 12.2. The van der Waals surface area contributed by atoms with E-state index in [1.54, 1.807) is 0 Å². The van der Waals surface area contributed by atoms with Crippen LogP contribution in [0.3, 0.4) is 0 Å². The van der Waals surface area contributed by atoms with Gasteiger partial charge < -0.3 is 10.4 Å². The second-order valence-corrected chi connectivity index (χ2v) is 5.81. The highest BCUT2D eigenvalue weighted by atomic mass is 16.4. The molecule has 0 aliphatic heterocycles. The monoisotopic (exact) mass is 269 g/mol. The van der Waals surface area contributed by atoms with Gasteiger partial charge in [-0.2, -0.15) is 0 Å². The van der Waals surface area contributed by atoms with Crippen molar-refractivity contribution >= 4 is 11.9 Å². The Labute approximate surface area is 116 Å². The Hall–Kier alpha value is -1.06. The molecule has 0 aromatic carbocycles. The highest BCUT2D eigenvalue weighted by molar-refractivity contribution is 5.85. The molecule has 0 aromatic heterocycles. The van der Waals surface area contributed by atoms with Crippen molar-refractivity contribution in [3.8, 4) is 0 Å². The number of carbonyl (C=O) groups is 2. The SMILES string of the molecule is CCC(CC)CNC(=O)CC1(C(=O)O)CCCCC1. The van der Waals surface area contributed by atoms with Gasteiger partial charge in [-0.1, -0.05) is 46.0 Å². The minimum absolute atomic E-state index is 0.101. The van der Waals surface area contributed by atoms with Gasteiger partial charge in [0, 0.05) is 13.0 Å². The van der Waals surface area contributed by atoms with E-state index in [9.17, 15) is 14.7 Å². The summed E-state index contributed by atoms with van der Waals surface area (Å²) in [6.07, 6.45) is 6.44. The Kier molecular flexibility index (Phi) is 6.32. The lowest BCUT2D eigenvalue weighted by Crippen LogP contribution is -2.40. The summed E-state index contributed by atoms with van der Waals surface area (Å²) in [6, 6.07) is 0. The van der Waals surface area contributed by atoms with Gasteiger partial charge >= 0.3 is 5.97 Å². The number of carbonyl (C=O) groups excluding carboxylic acids is 1. The number of nitrogens with one attached hydrogen (secondary N) is 1. The molecule has 1 amide bonds. The molecule has 1 fully saturated rings. The third-order valence-electron chi connectivity index (χ3n) is 4.51. The summed E-state index contributed by atoms with van der Waals surface area (Å²) in [7, 11) is 0. The second-order valence-electron chi connectivity index (χ2n) is 5.81. The third-order valence-corrected chi connectivity index (χ3v) is 4.51. The molecule has 0 radical (unpaired) electrons. The van der Waals surface area contributed by atoms with Crippen LogP contribution in [0.1, 0.15) is 65.2 Å². The topological polar surface area (TPSA) is 66.4 Å². The fourth-order valence-electron chi connectivity index (χ4n) is 2.90. The van der Waals surface area contributed by atoms with E-state index >= 15 is 0 Å². The molecule has 4 heteroatoms. The first-order valence-corrected chi connectivity index (χ1v) is 7.54. The third kappa shape index (κ3) is 4.51. The standard InChI is InChI=1S/C15H27NO3/c1-3-12(4-2)11-16-13(17)10-15(14(18)19)8-6-5-7-9-15/h12H,3-11H2,1-2H3,(H,16,17)(H,18,19). The summed E-state index contributed by atoms with van der Waals surface area (Å²) in [5.74, 6) is -0.405. The first-order valence-electron chi connectivity index (χ1n) is 7.54. The van der Waals surface area contributed by atoms with Crippen LogP contribution >= 0.6 is 0 Å². The molecule has 0 unspecified atom stereocenters. The molecule has 1 rings (SSSR count). The number of hydrogen-bond donors (Lipinski definition) is 2. The molecule has 19 heavy (non-hydrogen) atoms. The summed E-state index contributed by atoms with van der Waals surface area (Å²) in [6.45, 7) is 4.89. The first kappa shape index (κ1) is 16.0. The van der Waals surface area contributed by atoms with Crippen LogP contribution < -0.4 is 5.32 Å². The van der Waals surface area contributed by atoms with Crippen molar-refractivity contribution in [3.63, 3.8) is 0 Å². The van der Waals surface area contributed by atoms with Gasteiger partial charge in [0.15, 0.2) is 0 Å². The molecular weight excluding hydrogens is 242 g/mol. The molecule has 0 atom stereocenters. The van der Waals surface area contributed by atoms with E-state index in [2.05, 4.69) is 19.2 Å². The zero-order valence-corrected chi connectivity index (χ0v) is 12.2. The summed E-state index contributed by atoms with van der Waals surface area (Å²) in [4.78, 5) is 23.5. The van der Waals surface area contributed by atoms with Crippen molar-refractivity contribution in [3.05, 3.63) is 0 Å². The Morgan fingerprint density at radius 1 is 1.16 bits per heavy atom. The van der Waals surface area contributed by atoms with Crippen molar-refractivity contribution in [2.24, 2.45) is 11.3 Å². The lowest BCUT2D eigenvalue weighted by atomic mass is 9.71. The summed E-state index contributed by atoms with van der Waals surface area (Å²) < 4.78 is 0. The Balaban J connectivity index is 2.50. The van der Waals surface area contributed by atoms with Crippen LogP contribution in [0.15, 0.2) is 0 Å². The predicted octanol–water partition coefficient (Wildman–Crippen LogP) is 2.96. The maximum Gasteiger partial charge on any atom is 0.310 e. The average molecular weight is 269 g/mol. The van der Waals surface area contributed by atoms with E-state index in [0.717, 1.165) is 32.1 Å². The van der Waals surface area contributed by atoms with Gasteiger partial charge in [0.05, 0.1) is 5.41 Å². The van der Waals surface area contributed by atoms with E-state index in [1.165, 1.54) is 0 Å². The zero-order chi connectivity index (χ0) is 14.3. The number of carboxylic acid groups (broad SMARTS) is 1. The molecule has 1 saturated carbocycles. The van der Waals surface area contributed by atoms with E-state index < -0.39 is 11.4 Å². The van der Waals surface area contributed by atoms with Gasteiger partial charge in [-0.05, 0) is 18.8 Å². The number of amides is 1. The van der Waals surface area contributed by atoms with Crippen molar-refractivity contribution < 1.29 is 14.7 Å². The lowest BCUT2D eigenvalue weighted by molar-refractivity contribution is -0.154. The van der Waals surface area contributed by atoms with Crippen LogP contribution in [0.4, 0.5) is 0 Å². The highest BCUT2D eigenvalue weighted by Gasteiger charge is 2.41. The van der Waals surface area contributed by atoms with Crippen molar-refractivity contribution in [2.45, 2.75) is 65.2 Å². The number of aliphatic carboxylic acids is 1. The van der Waals surface area contributed by atoms with Crippen LogP contribution in [-0.2, 0) is 9.59 Å². The molecule has 4 nitrogen and oxygen atoms in total. The molecule has 0 heterocycles. The van der Waals surface area contributed by atoms with Crippen LogP contribution in [0, 0.1) is 11.3 Å². The molecule has 0 bridgehead atoms. The quantitative estimate of drug-likeness (QED) is 0.746. The highest BCUT2D eigenvalue weighted by Crippen LogP contribution is 2.39. The van der Waals surface area contributed by atoms with E-state index in [-0.39, 0.29) is 12.3 Å². The molecule has 2 N–H and O–H groups in total. The Morgan fingerprint density at radius 3 is 2.21 bits per heavy atom. The maximum atomic E-state index is 12.0. The molecule has 0 aromatic rings. The van der Waals surface area contributed by atoms with Crippen LogP contribution in [0.25, 0.3) is 0 Å². The van der Waals surface area contributed by atoms with Crippen LogP contribution in [0.2, 0.25) is 0 Å². The van der Waals surface area contributed by atoms with Gasteiger partial charge in [0.25, 0.3) is 0 Å². The minimum atomic E-state index is -0.809. The maximum absolute atomic E-state index is 12.0. The number of hydrogen-bond acceptors (Lipinski definition) is 2. The van der Waals surface area contributed by atoms with Gasteiger partial charge in [-0.3, -0.25) is 9.59 Å². The molecule has 1 aliphatic carbocycles. The van der Waals surface area contributed by atoms with Crippen molar-refractivity contribution in [1.29, 1.82) is 0 Å². The summed E-state index contributed by atoms with van der Waals surface area (Å²) in [5.41, 5.74) is -0.809. The largest absolute Gasteiger partial charge is 0.481 e. The summed E-state index contributed by atoms with van der Waals surface area (Å²) >= 11 is 0. The van der Waals surface area contributed by atoms with E-state index in [0.29, 0.717) is 25.3 Å². The van der Waals surface area contributed by atoms with Gasteiger partial charge in [-0.15, -0.1) is 0 Å². The molecule has 0 spiro atoms. The Morgan fingerprint density at radius 2 is 1.74 bits per heavy atom. The predicted molar refractivity (Wildman–Crippen MR) is 74.9 cm³/mol. The van der Waals surface area contributed by atoms with Gasteiger partial charge in [0.1, 0.15) is 0 Å². The lowest BCUT2D eigenvalue weighted by Gasteiger charge is -2.32. The second kappa shape index (κ2) is 7.51. The smallest absolute Gasteiger partial charge is 0.310 e. The first-order chi connectivity index (χ1) is 9.04. The fourth-order valence-corrected chi connectivity index (χ4v) is 2.90. The van der Waals surface area contributed by atoms with E-state index in [1.807, 2.05) is 0 Å². The fraction of sp³-hybridized carbons (Fsp3) is 0.867. The summed E-state index contributed by atoms with van der Waals surface area (Å²) in [5, 5.41) is 12.3. The molecule has 1 aliphatic rings. The Bertz CT molecular complexity index is 305. The molecule has 110 valence electrons. The normalized spacial score (nSPS) is 18.3. The van der Waals surface area contributed by atoms with E-state index in [4.69, 9.17) is 0 Å². The van der Waals surface area contributed by atoms with Gasteiger partial charge in [0.2, 0.25) is 5.91 Å². The van der Waals surface area contributed by atoms with Crippen LogP contribution in [-0.4, -0.2) is 23.5 Å². The van der Waals surface area contributed by atoms with Crippen LogP contribution in [0.5, 0.6) is 0 Å². The average Bonchev–Trinajstić information content (AvgIpc) is 2.40. The van der Waals surface area contributed by atoms with Gasteiger partial charge in [-0.25, -0.2) is 0 Å². The molecular formula is C15H27NO3. The van der Waals surface area contributed by atoms with Crippen molar-refractivity contribution in [2.75, 3.05) is 6.54 Å². The van der Waals surface area contributed by atoms with Crippen molar-refractivity contribution in [1.82, 2.24) is 5.32 Å². The molecule has 0 saturated heterocycles.